The Hall–Kier alpha value is -1.36. The van der Waals surface area contributed by atoms with E-state index in [1.807, 2.05) is 32.6 Å². The minimum atomic E-state index is -0.179. The number of carbonyl (C=O) groups is 1. The molecule has 17 heavy (non-hydrogen) atoms. The van der Waals surface area contributed by atoms with Crippen LogP contribution in [0.2, 0.25) is 0 Å². The molecule has 1 aromatic heterocycles. The number of aryl methyl sites for hydroxylation is 2. The molecule has 94 valence electrons. The molecule has 0 bridgehead atoms. The third kappa shape index (κ3) is 1.84. The summed E-state index contributed by atoms with van der Waals surface area (Å²) in [5, 5.41) is 3.95. The van der Waals surface area contributed by atoms with Gasteiger partial charge in [-0.1, -0.05) is 5.16 Å². The van der Waals surface area contributed by atoms with Crippen LogP contribution in [0.15, 0.2) is 4.52 Å². The molecule has 2 rings (SSSR count). The quantitative estimate of drug-likeness (QED) is 0.841. The van der Waals surface area contributed by atoms with Crippen molar-refractivity contribution in [3.63, 3.8) is 0 Å². The van der Waals surface area contributed by atoms with Gasteiger partial charge in [0.2, 0.25) is 5.91 Å². The van der Waals surface area contributed by atoms with Crippen LogP contribution < -0.4 is 5.73 Å². The molecule has 0 aromatic carbocycles. The Morgan fingerprint density at radius 1 is 1.47 bits per heavy atom. The lowest BCUT2D eigenvalue weighted by Gasteiger charge is -2.30. The summed E-state index contributed by atoms with van der Waals surface area (Å²) in [4.78, 5) is 13.8. The predicted octanol–water partition coefficient (Wildman–Crippen LogP) is 1.30. The van der Waals surface area contributed by atoms with Crippen LogP contribution in [0.5, 0.6) is 0 Å². The Morgan fingerprint density at radius 3 is 2.59 bits per heavy atom. The SMILES string of the molecule is Cc1noc(C)c1C1C(N)CC(=O)N1C(C)C. The molecule has 1 aliphatic heterocycles. The molecule has 0 spiro atoms. The Morgan fingerprint density at radius 2 is 2.12 bits per heavy atom. The molecule has 0 aliphatic carbocycles. The zero-order chi connectivity index (χ0) is 12.7. The summed E-state index contributed by atoms with van der Waals surface area (Å²) < 4.78 is 5.18. The number of hydrogen-bond acceptors (Lipinski definition) is 4. The molecule has 2 heterocycles. The first-order chi connectivity index (χ1) is 7.93. The molecule has 5 nitrogen and oxygen atoms in total. The van der Waals surface area contributed by atoms with Crippen molar-refractivity contribution in [3.05, 3.63) is 17.0 Å². The highest BCUT2D eigenvalue weighted by molar-refractivity contribution is 5.80. The van der Waals surface area contributed by atoms with Crippen LogP contribution in [0.1, 0.15) is 43.3 Å². The van der Waals surface area contributed by atoms with E-state index in [-0.39, 0.29) is 24.0 Å². The van der Waals surface area contributed by atoms with Crippen LogP contribution in [0, 0.1) is 13.8 Å². The second kappa shape index (κ2) is 4.14. The highest BCUT2D eigenvalue weighted by Crippen LogP contribution is 2.36. The van der Waals surface area contributed by atoms with Gasteiger partial charge in [-0.3, -0.25) is 4.79 Å². The molecule has 0 saturated carbocycles. The van der Waals surface area contributed by atoms with Gasteiger partial charge >= 0.3 is 0 Å². The summed E-state index contributed by atoms with van der Waals surface area (Å²) in [6.07, 6.45) is 0.396. The topological polar surface area (TPSA) is 72.4 Å². The zero-order valence-electron chi connectivity index (χ0n) is 10.7. The van der Waals surface area contributed by atoms with Crippen molar-refractivity contribution in [1.82, 2.24) is 10.1 Å². The first kappa shape index (κ1) is 12.1. The van der Waals surface area contributed by atoms with Gasteiger partial charge in [-0.2, -0.15) is 0 Å². The van der Waals surface area contributed by atoms with Crippen molar-refractivity contribution in [1.29, 1.82) is 0 Å². The number of amides is 1. The van der Waals surface area contributed by atoms with Crippen LogP contribution >= 0.6 is 0 Å². The van der Waals surface area contributed by atoms with Gasteiger partial charge in [-0.25, -0.2) is 0 Å². The van der Waals surface area contributed by atoms with Crippen LogP contribution in [0.3, 0.4) is 0 Å². The van der Waals surface area contributed by atoms with Crippen molar-refractivity contribution in [2.75, 3.05) is 0 Å². The molecule has 1 aromatic rings. The van der Waals surface area contributed by atoms with Crippen LogP contribution in [-0.2, 0) is 4.79 Å². The highest BCUT2D eigenvalue weighted by atomic mass is 16.5. The molecule has 0 radical (unpaired) electrons. The molecule has 2 unspecified atom stereocenters. The summed E-state index contributed by atoms with van der Waals surface area (Å²) in [6.45, 7) is 7.76. The number of aromatic nitrogens is 1. The van der Waals surface area contributed by atoms with Crippen LogP contribution in [0.25, 0.3) is 0 Å². The lowest BCUT2D eigenvalue weighted by molar-refractivity contribution is -0.130. The lowest BCUT2D eigenvalue weighted by atomic mass is 9.98. The third-order valence-corrected chi connectivity index (χ3v) is 3.34. The van der Waals surface area contributed by atoms with Crippen molar-refractivity contribution < 1.29 is 9.32 Å². The number of hydrogen-bond donors (Lipinski definition) is 1. The zero-order valence-corrected chi connectivity index (χ0v) is 10.7. The number of carbonyl (C=O) groups excluding carboxylic acids is 1. The predicted molar refractivity (Wildman–Crippen MR) is 63.3 cm³/mol. The Bertz CT molecular complexity index is 419. The van der Waals surface area contributed by atoms with Gasteiger partial charge in [-0.05, 0) is 27.7 Å². The Balaban J connectivity index is 2.45. The second-order valence-electron chi connectivity index (χ2n) is 4.95. The molecule has 2 atom stereocenters. The van der Waals surface area contributed by atoms with E-state index in [1.54, 1.807) is 0 Å². The average Bonchev–Trinajstić information content (AvgIpc) is 2.67. The number of nitrogens with zero attached hydrogens (tertiary/aromatic N) is 2. The maximum absolute atomic E-state index is 11.9. The van der Waals surface area contributed by atoms with E-state index in [4.69, 9.17) is 10.3 Å². The van der Waals surface area contributed by atoms with Crippen molar-refractivity contribution in [2.45, 2.75) is 52.2 Å². The van der Waals surface area contributed by atoms with Crippen molar-refractivity contribution in [3.8, 4) is 0 Å². The summed E-state index contributed by atoms with van der Waals surface area (Å²) in [7, 11) is 0. The number of rotatable bonds is 2. The highest BCUT2D eigenvalue weighted by Gasteiger charge is 2.42. The van der Waals surface area contributed by atoms with Gasteiger partial charge < -0.3 is 15.2 Å². The first-order valence-corrected chi connectivity index (χ1v) is 5.93. The summed E-state index contributed by atoms with van der Waals surface area (Å²) in [5.41, 5.74) is 7.89. The van der Waals surface area contributed by atoms with E-state index in [1.165, 1.54) is 0 Å². The minimum Gasteiger partial charge on any atom is -0.361 e. The van der Waals surface area contributed by atoms with Crippen LogP contribution in [0.4, 0.5) is 0 Å². The molecular weight excluding hydrogens is 218 g/mol. The maximum Gasteiger partial charge on any atom is 0.225 e. The third-order valence-electron chi connectivity index (χ3n) is 3.34. The molecule has 1 aliphatic rings. The number of nitrogens with two attached hydrogens (primary N) is 1. The largest absolute Gasteiger partial charge is 0.361 e. The molecule has 1 amide bonds. The molecule has 1 saturated heterocycles. The minimum absolute atomic E-state index is 0.103. The number of likely N-dealkylation sites (tertiary alicyclic amines) is 1. The standard InChI is InChI=1S/C12H19N3O2/c1-6(2)15-10(16)5-9(13)12(15)11-7(3)14-17-8(11)4/h6,9,12H,5,13H2,1-4H3. The molecule has 2 N–H and O–H groups in total. The average molecular weight is 237 g/mol. The van der Waals surface area contributed by atoms with Crippen molar-refractivity contribution in [2.24, 2.45) is 5.73 Å². The Labute approximate surface area is 101 Å². The monoisotopic (exact) mass is 237 g/mol. The van der Waals surface area contributed by atoms with Gasteiger partial charge in [0.25, 0.3) is 0 Å². The van der Waals surface area contributed by atoms with Crippen molar-refractivity contribution >= 4 is 5.91 Å². The smallest absolute Gasteiger partial charge is 0.225 e. The van der Waals surface area contributed by atoms with Gasteiger partial charge in [0.1, 0.15) is 5.76 Å². The van der Waals surface area contributed by atoms with Gasteiger partial charge in [-0.15, -0.1) is 0 Å². The fraction of sp³-hybridized carbons (Fsp3) is 0.667. The van der Waals surface area contributed by atoms with Gasteiger partial charge in [0, 0.05) is 24.1 Å². The van der Waals surface area contributed by atoms with E-state index < -0.39 is 0 Å². The van der Waals surface area contributed by atoms with E-state index in [2.05, 4.69) is 5.16 Å². The van der Waals surface area contributed by atoms with E-state index in [0.29, 0.717) is 6.42 Å². The first-order valence-electron chi connectivity index (χ1n) is 5.93. The maximum atomic E-state index is 11.9. The lowest BCUT2D eigenvalue weighted by Crippen LogP contribution is -2.38. The van der Waals surface area contributed by atoms with Gasteiger partial charge in [0.15, 0.2) is 0 Å². The summed E-state index contributed by atoms with van der Waals surface area (Å²) in [6, 6.07) is -0.148. The normalized spacial score (nSPS) is 25.1. The molecule has 5 heteroatoms. The van der Waals surface area contributed by atoms with E-state index >= 15 is 0 Å². The van der Waals surface area contributed by atoms with E-state index in [9.17, 15) is 4.79 Å². The Kier molecular flexibility index (Phi) is 2.95. The summed E-state index contributed by atoms with van der Waals surface area (Å²) >= 11 is 0. The molecule has 1 fully saturated rings. The van der Waals surface area contributed by atoms with Gasteiger partial charge in [0.05, 0.1) is 11.7 Å². The van der Waals surface area contributed by atoms with E-state index in [0.717, 1.165) is 17.0 Å². The fourth-order valence-corrected chi connectivity index (χ4v) is 2.65. The summed E-state index contributed by atoms with van der Waals surface area (Å²) in [5.74, 6) is 0.862. The second-order valence-corrected chi connectivity index (χ2v) is 4.95. The molecular formula is C12H19N3O2. The van der Waals surface area contributed by atoms with Crippen LogP contribution in [-0.4, -0.2) is 28.0 Å². The fourth-order valence-electron chi connectivity index (χ4n) is 2.65.